The lowest BCUT2D eigenvalue weighted by Gasteiger charge is -2.26. The standard InChI is InChI=1S/C24H26N6O4S/c1-28-13-17(12-25-28)30-4-2-20-22(30)23(34-18-3-7-33-14-18)27-21(26-20)11-19-10-16(15-35-19)24(31)29-5-8-32-9-6-29/h2,4,10,12-13,15,18H,3,5-9,11,14H2,1H3/t18-/m0/s1. The Kier molecular flexibility index (Phi) is 5.96. The molecule has 11 heteroatoms. The molecule has 182 valence electrons. The first-order valence-electron chi connectivity index (χ1n) is 11.7. The normalized spacial score (nSPS) is 18.4. The Morgan fingerprint density at radius 1 is 1.23 bits per heavy atom. The first-order valence-corrected chi connectivity index (χ1v) is 12.6. The predicted molar refractivity (Wildman–Crippen MR) is 129 cm³/mol. The van der Waals surface area contributed by atoms with Crippen molar-refractivity contribution < 1.29 is 19.0 Å². The molecule has 0 saturated carbocycles. The zero-order valence-corrected chi connectivity index (χ0v) is 20.2. The van der Waals surface area contributed by atoms with E-state index in [-0.39, 0.29) is 12.0 Å². The van der Waals surface area contributed by atoms with E-state index in [9.17, 15) is 4.79 Å². The number of nitrogens with zero attached hydrogens (tertiary/aromatic N) is 6. The summed E-state index contributed by atoms with van der Waals surface area (Å²) < 4.78 is 21.0. The second-order valence-corrected chi connectivity index (χ2v) is 9.72. The number of ether oxygens (including phenoxy) is 3. The molecule has 0 bridgehead atoms. The molecule has 6 heterocycles. The molecule has 0 aromatic carbocycles. The number of carbonyl (C=O) groups excluding carboxylic acids is 1. The molecule has 0 unspecified atom stereocenters. The molecule has 0 radical (unpaired) electrons. The second kappa shape index (κ2) is 9.40. The second-order valence-electron chi connectivity index (χ2n) is 8.72. The van der Waals surface area contributed by atoms with Crippen molar-refractivity contribution in [1.82, 2.24) is 29.2 Å². The molecule has 0 aliphatic carbocycles. The van der Waals surface area contributed by atoms with Crippen LogP contribution in [0.5, 0.6) is 5.88 Å². The minimum atomic E-state index is -0.0438. The fraction of sp³-hybridized carbons (Fsp3) is 0.417. The molecule has 0 N–H and O–H groups in total. The molecule has 35 heavy (non-hydrogen) atoms. The van der Waals surface area contributed by atoms with Crippen LogP contribution in [0, 0.1) is 0 Å². The van der Waals surface area contributed by atoms with Gasteiger partial charge in [-0.2, -0.15) is 10.1 Å². The first-order chi connectivity index (χ1) is 17.1. The van der Waals surface area contributed by atoms with Gasteiger partial charge in [-0.15, -0.1) is 11.3 Å². The van der Waals surface area contributed by atoms with Crippen molar-refractivity contribution in [2.45, 2.75) is 18.9 Å². The Morgan fingerprint density at radius 3 is 2.89 bits per heavy atom. The van der Waals surface area contributed by atoms with Gasteiger partial charge < -0.3 is 23.7 Å². The van der Waals surface area contributed by atoms with E-state index in [2.05, 4.69) is 5.10 Å². The number of hydrogen-bond acceptors (Lipinski definition) is 8. The van der Waals surface area contributed by atoms with Crippen LogP contribution < -0.4 is 4.74 Å². The van der Waals surface area contributed by atoms with Crippen LogP contribution in [-0.4, -0.2) is 80.7 Å². The Hall–Kier alpha value is -3.28. The molecule has 1 atom stereocenters. The zero-order chi connectivity index (χ0) is 23.8. The van der Waals surface area contributed by atoms with Gasteiger partial charge in [-0.3, -0.25) is 9.48 Å². The van der Waals surface area contributed by atoms with Crippen molar-refractivity contribution in [3.05, 3.63) is 52.4 Å². The van der Waals surface area contributed by atoms with Crippen LogP contribution in [0.3, 0.4) is 0 Å². The summed E-state index contributed by atoms with van der Waals surface area (Å²) in [6.45, 7) is 3.66. The van der Waals surface area contributed by atoms with E-state index in [1.165, 1.54) is 0 Å². The topological polar surface area (TPSA) is 96.5 Å². The van der Waals surface area contributed by atoms with E-state index in [1.807, 2.05) is 46.4 Å². The van der Waals surface area contributed by atoms with Crippen molar-refractivity contribution in [2.75, 3.05) is 39.5 Å². The summed E-state index contributed by atoms with van der Waals surface area (Å²) >= 11 is 1.55. The molecule has 2 aliphatic rings. The lowest BCUT2D eigenvalue weighted by atomic mass is 10.2. The fourth-order valence-corrected chi connectivity index (χ4v) is 5.28. The van der Waals surface area contributed by atoms with Gasteiger partial charge in [0.15, 0.2) is 0 Å². The van der Waals surface area contributed by atoms with Gasteiger partial charge in [0.1, 0.15) is 17.4 Å². The van der Waals surface area contributed by atoms with Crippen LogP contribution in [-0.2, 0) is 22.9 Å². The average Bonchev–Trinajstić information content (AvgIpc) is 3.67. The minimum Gasteiger partial charge on any atom is -0.470 e. The summed E-state index contributed by atoms with van der Waals surface area (Å²) in [5.74, 6) is 1.24. The number of thiophene rings is 1. The van der Waals surface area contributed by atoms with Crippen LogP contribution in [0.1, 0.15) is 27.5 Å². The first kappa shape index (κ1) is 22.2. The number of rotatable bonds is 6. The third-order valence-electron chi connectivity index (χ3n) is 6.21. The average molecular weight is 495 g/mol. The smallest absolute Gasteiger partial charge is 0.254 e. The van der Waals surface area contributed by atoms with Crippen LogP contribution >= 0.6 is 11.3 Å². The summed E-state index contributed by atoms with van der Waals surface area (Å²) in [5.41, 5.74) is 3.23. The van der Waals surface area contributed by atoms with Gasteiger partial charge in [0, 0.05) is 55.6 Å². The maximum atomic E-state index is 12.8. The SMILES string of the molecule is Cn1cc(-n2ccc3nc(Cc4cc(C(=O)N5CCOCC5)cs4)nc(O[C@H]4CCOC4)c32)cn1. The van der Waals surface area contributed by atoms with Crippen LogP contribution in [0.2, 0.25) is 0 Å². The highest BCUT2D eigenvalue weighted by Crippen LogP contribution is 2.30. The monoisotopic (exact) mass is 494 g/mol. The van der Waals surface area contributed by atoms with Crippen LogP contribution in [0.15, 0.2) is 36.1 Å². The molecule has 0 spiro atoms. The molecule has 4 aromatic heterocycles. The number of aryl methyl sites for hydroxylation is 1. The van der Waals surface area contributed by atoms with E-state index < -0.39 is 0 Å². The van der Waals surface area contributed by atoms with Crippen molar-refractivity contribution in [1.29, 1.82) is 0 Å². The predicted octanol–water partition coefficient (Wildman–Crippen LogP) is 2.45. The van der Waals surface area contributed by atoms with Crippen molar-refractivity contribution in [3.8, 4) is 11.6 Å². The van der Waals surface area contributed by atoms with Crippen molar-refractivity contribution >= 4 is 28.3 Å². The molecule has 2 saturated heterocycles. The quantitative estimate of drug-likeness (QED) is 0.406. The van der Waals surface area contributed by atoms with Gasteiger partial charge in [-0.25, -0.2) is 4.98 Å². The van der Waals surface area contributed by atoms with Gasteiger partial charge in [0.25, 0.3) is 5.91 Å². The lowest BCUT2D eigenvalue weighted by Crippen LogP contribution is -2.40. The van der Waals surface area contributed by atoms with Gasteiger partial charge in [-0.05, 0) is 12.1 Å². The Bertz CT molecular complexity index is 1350. The molecule has 1 amide bonds. The highest BCUT2D eigenvalue weighted by Gasteiger charge is 2.23. The zero-order valence-electron chi connectivity index (χ0n) is 19.4. The van der Waals surface area contributed by atoms with E-state index in [0.29, 0.717) is 63.2 Å². The van der Waals surface area contributed by atoms with E-state index in [1.54, 1.807) is 22.2 Å². The summed E-state index contributed by atoms with van der Waals surface area (Å²) in [4.78, 5) is 25.4. The number of morpholine rings is 1. The number of carbonyl (C=O) groups is 1. The third-order valence-corrected chi connectivity index (χ3v) is 7.15. The van der Waals surface area contributed by atoms with Crippen molar-refractivity contribution in [2.24, 2.45) is 7.05 Å². The van der Waals surface area contributed by atoms with Crippen LogP contribution in [0.4, 0.5) is 0 Å². The van der Waals surface area contributed by atoms with Crippen LogP contribution in [0.25, 0.3) is 16.7 Å². The molecular formula is C24H26N6O4S. The van der Waals surface area contributed by atoms with E-state index >= 15 is 0 Å². The molecular weight excluding hydrogens is 468 g/mol. The molecule has 2 aliphatic heterocycles. The van der Waals surface area contributed by atoms with E-state index in [4.69, 9.17) is 24.2 Å². The summed E-state index contributed by atoms with van der Waals surface area (Å²) in [7, 11) is 1.89. The Morgan fingerprint density at radius 2 is 2.11 bits per heavy atom. The summed E-state index contributed by atoms with van der Waals surface area (Å²) in [6.07, 6.45) is 7.00. The number of aromatic nitrogens is 5. The van der Waals surface area contributed by atoms with Gasteiger partial charge >= 0.3 is 0 Å². The summed E-state index contributed by atoms with van der Waals surface area (Å²) in [6, 6.07) is 3.91. The Balaban J connectivity index is 1.30. The molecule has 2 fully saturated rings. The van der Waals surface area contributed by atoms with Gasteiger partial charge in [0.05, 0.1) is 49.4 Å². The highest BCUT2D eigenvalue weighted by atomic mass is 32.1. The van der Waals surface area contributed by atoms with E-state index in [0.717, 1.165) is 28.0 Å². The lowest BCUT2D eigenvalue weighted by molar-refractivity contribution is 0.0303. The maximum absolute atomic E-state index is 12.8. The minimum absolute atomic E-state index is 0.0438. The highest BCUT2D eigenvalue weighted by molar-refractivity contribution is 7.10. The number of amides is 1. The number of hydrogen-bond donors (Lipinski definition) is 0. The van der Waals surface area contributed by atoms with Gasteiger partial charge in [-0.1, -0.05) is 0 Å². The van der Waals surface area contributed by atoms with Gasteiger partial charge in [0.2, 0.25) is 5.88 Å². The number of fused-ring (bicyclic) bond motifs is 1. The third kappa shape index (κ3) is 4.54. The molecule has 10 nitrogen and oxygen atoms in total. The summed E-state index contributed by atoms with van der Waals surface area (Å²) in [5, 5.41) is 6.21. The maximum Gasteiger partial charge on any atom is 0.254 e. The molecule has 4 aromatic rings. The largest absolute Gasteiger partial charge is 0.470 e. The molecule has 6 rings (SSSR count). The fourth-order valence-electron chi connectivity index (χ4n) is 4.42. The Labute approximate surface area is 206 Å². The van der Waals surface area contributed by atoms with Crippen molar-refractivity contribution in [3.63, 3.8) is 0 Å².